The molecule has 1 rings (SSSR count). The Balaban J connectivity index is 0.00000196. The van der Waals surface area contributed by atoms with Gasteiger partial charge in [0.1, 0.15) is 11.3 Å². The molecule has 5 heteroatoms. The van der Waals surface area contributed by atoms with Crippen LogP contribution in [0.25, 0.3) is 0 Å². The van der Waals surface area contributed by atoms with E-state index >= 15 is 0 Å². The molecule has 3 N–H and O–H groups in total. The molecule has 1 aromatic rings. The Morgan fingerprint density at radius 1 is 1.33 bits per heavy atom. The second-order valence-electron chi connectivity index (χ2n) is 2.79. The van der Waals surface area contributed by atoms with Crippen LogP contribution in [-0.2, 0) is 4.74 Å². The van der Waals surface area contributed by atoms with Gasteiger partial charge in [0.25, 0.3) is 0 Å². The summed E-state index contributed by atoms with van der Waals surface area (Å²) in [6.07, 6.45) is 0. The summed E-state index contributed by atoms with van der Waals surface area (Å²) in [6, 6.07) is 3.48. The van der Waals surface area contributed by atoms with Crippen LogP contribution in [-0.4, -0.2) is 20.2 Å². The SMILES string of the molecule is COC(=O)c1cc(C)c(Br)cc1OC.N. The van der Waals surface area contributed by atoms with E-state index in [4.69, 9.17) is 4.74 Å². The van der Waals surface area contributed by atoms with Gasteiger partial charge in [-0.2, -0.15) is 0 Å². The Kier molecular flexibility index (Phi) is 5.32. The van der Waals surface area contributed by atoms with Gasteiger partial charge in [-0.1, -0.05) is 15.9 Å². The van der Waals surface area contributed by atoms with Crippen LogP contribution in [0.1, 0.15) is 15.9 Å². The summed E-state index contributed by atoms with van der Waals surface area (Å²) in [7, 11) is 2.86. The molecule has 0 fully saturated rings. The normalized spacial score (nSPS) is 9.07. The molecular weight excluding hydrogens is 262 g/mol. The van der Waals surface area contributed by atoms with Crippen LogP contribution >= 0.6 is 15.9 Å². The molecule has 0 saturated carbocycles. The average molecular weight is 276 g/mol. The van der Waals surface area contributed by atoms with Gasteiger partial charge in [0.15, 0.2) is 0 Å². The average Bonchev–Trinajstić information content (AvgIpc) is 2.20. The fourth-order valence-electron chi connectivity index (χ4n) is 1.10. The lowest BCUT2D eigenvalue weighted by Gasteiger charge is -2.08. The van der Waals surface area contributed by atoms with E-state index in [1.54, 1.807) is 12.1 Å². The van der Waals surface area contributed by atoms with Gasteiger partial charge in [0, 0.05) is 4.47 Å². The van der Waals surface area contributed by atoms with Gasteiger partial charge in [0.05, 0.1) is 14.2 Å². The summed E-state index contributed by atoms with van der Waals surface area (Å²) in [5.41, 5.74) is 1.40. The van der Waals surface area contributed by atoms with Crippen LogP contribution in [0.5, 0.6) is 5.75 Å². The molecule has 84 valence electrons. The van der Waals surface area contributed by atoms with Gasteiger partial charge in [-0.3, -0.25) is 0 Å². The number of halogens is 1. The van der Waals surface area contributed by atoms with Crippen LogP contribution < -0.4 is 10.9 Å². The van der Waals surface area contributed by atoms with E-state index in [-0.39, 0.29) is 6.15 Å². The molecule has 0 heterocycles. The number of ether oxygens (including phenoxy) is 2. The van der Waals surface area contributed by atoms with Crippen molar-refractivity contribution in [3.8, 4) is 5.75 Å². The van der Waals surface area contributed by atoms with Gasteiger partial charge in [-0.15, -0.1) is 0 Å². The zero-order chi connectivity index (χ0) is 10.7. The van der Waals surface area contributed by atoms with Gasteiger partial charge in [0.2, 0.25) is 0 Å². The van der Waals surface area contributed by atoms with Gasteiger partial charge in [-0.05, 0) is 24.6 Å². The number of carbonyl (C=O) groups is 1. The second-order valence-corrected chi connectivity index (χ2v) is 3.65. The number of benzene rings is 1. The van der Waals surface area contributed by atoms with Crippen molar-refractivity contribution in [3.63, 3.8) is 0 Å². The van der Waals surface area contributed by atoms with Crippen molar-refractivity contribution in [1.82, 2.24) is 6.15 Å². The number of hydrogen-bond donors (Lipinski definition) is 1. The molecular formula is C10H14BrNO3. The third-order valence-corrected chi connectivity index (χ3v) is 2.74. The number of methoxy groups -OCH3 is 2. The molecule has 0 saturated heterocycles. The molecule has 0 spiro atoms. The monoisotopic (exact) mass is 275 g/mol. The zero-order valence-electron chi connectivity index (χ0n) is 8.96. The van der Waals surface area contributed by atoms with E-state index in [1.807, 2.05) is 6.92 Å². The van der Waals surface area contributed by atoms with E-state index in [1.165, 1.54) is 14.2 Å². The van der Waals surface area contributed by atoms with Crippen LogP contribution in [0.2, 0.25) is 0 Å². The maximum absolute atomic E-state index is 11.3. The molecule has 0 aromatic heterocycles. The number of hydrogen-bond acceptors (Lipinski definition) is 4. The third kappa shape index (κ3) is 2.94. The van der Waals surface area contributed by atoms with Gasteiger partial charge in [-0.25, -0.2) is 4.79 Å². The maximum atomic E-state index is 11.3. The molecule has 0 bridgehead atoms. The molecule has 0 unspecified atom stereocenters. The highest BCUT2D eigenvalue weighted by atomic mass is 79.9. The van der Waals surface area contributed by atoms with Crippen molar-refractivity contribution in [1.29, 1.82) is 0 Å². The zero-order valence-corrected chi connectivity index (χ0v) is 10.6. The highest BCUT2D eigenvalue weighted by Crippen LogP contribution is 2.27. The fourth-order valence-corrected chi connectivity index (χ4v) is 1.42. The van der Waals surface area contributed by atoms with Gasteiger partial charge < -0.3 is 15.6 Å². The van der Waals surface area contributed by atoms with Gasteiger partial charge >= 0.3 is 5.97 Å². The summed E-state index contributed by atoms with van der Waals surface area (Å²) in [6.45, 7) is 1.90. The molecule has 0 radical (unpaired) electrons. The smallest absolute Gasteiger partial charge is 0.341 e. The maximum Gasteiger partial charge on any atom is 0.341 e. The summed E-state index contributed by atoms with van der Waals surface area (Å²) in [5.74, 6) is 0.117. The Bertz CT molecular complexity index is 366. The molecule has 0 amide bonds. The predicted molar refractivity (Wildman–Crippen MR) is 61.8 cm³/mol. The number of carbonyl (C=O) groups excluding carboxylic acids is 1. The fraction of sp³-hybridized carbons (Fsp3) is 0.300. The summed E-state index contributed by atoms with van der Waals surface area (Å²) in [4.78, 5) is 11.3. The first-order valence-corrected chi connectivity index (χ1v) is 4.82. The highest BCUT2D eigenvalue weighted by Gasteiger charge is 2.14. The lowest BCUT2D eigenvalue weighted by atomic mass is 10.1. The molecule has 4 nitrogen and oxygen atoms in total. The molecule has 0 aliphatic rings. The standard InChI is InChI=1S/C10H11BrO3.H3N/c1-6-4-7(10(12)14-3)9(13-2)5-8(6)11;/h4-5H,1-3H3;1H3. The van der Waals surface area contributed by atoms with Crippen LogP contribution in [0, 0.1) is 6.92 Å². The quantitative estimate of drug-likeness (QED) is 0.843. The lowest BCUT2D eigenvalue weighted by molar-refractivity contribution is 0.0597. The predicted octanol–water partition coefficient (Wildman–Crippen LogP) is 2.71. The highest BCUT2D eigenvalue weighted by molar-refractivity contribution is 9.10. The lowest BCUT2D eigenvalue weighted by Crippen LogP contribution is -2.04. The first-order valence-electron chi connectivity index (χ1n) is 4.02. The van der Waals surface area contributed by atoms with Crippen LogP contribution in [0.3, 0.4) is 0 Å². The largest absolute Gasteiger partial charge is 0.496 e. The molecule has 0 aliphatic heterocycles. The Hall–Kier alpha value is -1.07. The number of rotatable bonds is 2. The van der Waals surface area contributed by atoms with Crippen molar-refractivity contribution >= 4 is 21.9 Å². The first-order chi connectivity index (χ1) is 6.60. The number of aryl methyl sites for hydroxylation is 1. The minimum atomic E-state index is -0.391. The Morgan fingerprint density at radius 3 is 2.40 bits per heavy atom. The van der Waals surface area contributed by atoms with Crippen molar-refractivity contribution < 1.29 is 14.3 Å². The van der Waals surface area contributed by atoms with Crippen LogP contribution in [0.15, 0.2) is 16.6 Å². The van der Waals surface area contributed by atoms with Crippen LogP contribution in [0.4, 0.5) is 0 Å². The number of esters is 1. The molecule has 0 atom stereocenters. The van der Waals surface area contributed by atoms with Crippen molar-refractivity contribution in [3.05, 3.63) is 27.7 Å². The van der Waals surface area contributed by atoms with Crippen molar-refractivity contribution in [2.75, 3.05) is 14.2 Å². The van der Waals surface area contributed by atoms with E-state index in [9.17, 15) is 4.79 Å². The van der Waals surface area contributed by atoms with E-state index < -0.39 is 5.97 Å². The van der Waals surface area contributed by atoms with Crippen molar-refractivity contribution in [2.45, 2.75) is 6.92 Å². The topological polar surface area (TPSA) is 70.5 Å². The third-order valence-electron chi connectivity index (χ3n) is 1.89. The first kappa shape index (κ1) is 13.9. The minimum Gasteiger partial charge on any atom is -0.496 e. The Morgan fingerprint density at radius 2 is 1.93 bits per heavy atom. The summed E-state index contributed by atoms with van der Waals surface area (Å²) >= 11 is 3.36. The summed E-state index contributed by atoms with van der Waals surface area (Å²) < 4.78 is 10.6. The van der Waals surface area contributed by atoms with Crippen molar-refractivity contribution in [2.24, 2.45) is 0 Å². The molecule has 1 aromatic carbocycles. The summed E-state index contributed by atoms with van der Waals surface area (Å²) in [5, 5.41) is 0. The Labute approximate surface area is 97.3 Å². The van der Waals surface area contributed by atoms with E-state index in [0.717, 1.165) is 10.0 Å². The molecule has 15 heavy (non-hydrogen) atoms. The second kappa shape index (κ2) is 5.72. The minimum absolute atomic E-state index is 0. The van der Waals surface area contributed by atoms with E-state index in [2.05, 4.69) is 20.7 Å². The molecule has 0 aliphatic carbocycles. The van der Waals surface area contributed by atoms with E-state index in [0.29, 0.717) is 11.3 Å².